The molecule has 3 aromatic carbocycles. The first-order chi connectivity index (χ1) is 20.7. The van der Waals surface area contributed by atoms with Gasteiger partial charge in [0.2, 0.25) is 23.4 Å². The molecule has 4 rings (SSSR count). The quantitative estimate of drug-likeness (QED) is 0.158. The third-order valence-corrected chi connectivity index (χ3v) is 7.40. The topological polar surface area (TPSA) is 147 Å². The number of hydrogen-bond donors (Lipinski definition) is 4. The van der Waals surface area contributed by atoms with Gasteiger partial charge in [-0.1, -0.05) is 86.6 Å². The van der Waals surface area contributed by atoms with Gasteiger partial charge in [-0.05, 0) is 40.7 Å². The number of nitrogens with one attached hydrogen (secondary N) is 3. The molecule has 0 spiro atoms. The van der Waals surface area contributed by atoms with Gasteiger partial charge in [0.05, 0.1) is 24.3 Å². The van der Waals surface area contributed by atoms with Crippen LogP contribution in [0.3, 0.4) is 0 Å². The second-order valence-electron chi connectivity index (χ2n) is 11.3. The van der Waals surface area contributed by atoms with Crippen LogP contribution in [0.25, 0.3) is 10.8 Å². The summed E-state index contributed by atoms with van der Waals surface area (Å²) < 4.78 is 0. The number of ketones is 2. The van der Waals surface area contributed by atoms with E-state index in [0.717, 1.165) is 21.9 Å². The van der Waals surface area contributed by atoms with Gasteiger partial charge in [-0.15, -0.1) is 0 Å². The number of aromatic nitrogens is 2. The van der Waals surface area contributed by atoms with Crippen LogP contribution >= 0.6 is 0 Å². The Hall–Kier alpha value is -4.63. The number of carbonyl (C=O) groups excluding carboxylic acids is 4. The smallest absolute Gasteiger partial charge is 0.224 e. The Morgan fingerprint density at radius 3 is 2.33 bits per heavy atom. The minimum Gasteiger partial charge on any atom is -0.352 e. The largest absolute Gasteiger partial charge is 0.352 e. The second-order valence-corrected chi connectivity index (χ2v) is 11.3. The van der Waals surface area contributed by atoms with Gasteiger partial charge in [0, 0.05) is 31.3 Å². The molecule has 5 N–H and O–H groups in total. The van der Waals surface area contributed by atoms with Gasteiger partial charge in [-0.25, -0.2) is 4.98 Å². The summed E-state index contributed by atoms with van der Waals surface area (Å²) in [7, 11) is 0. The van der Waals surface area contributed by atoms with Crippen LogP contribution in [0.5, 0.6) is 0 Å². The van der Waals surface area contributed by atoms with Gasteiger partial charge < -0.3 is 21.4 Å². The molecule has 1 aromatic heterocycles. The zero-order valence-corrected chi connectivity index (χ0v) is 24.6. The molecule has 1 heterocycles. The first kappa shape index (κ1) is 31.3. The van der Waals surface area contributed by atoms with Crippen molar-refractivity contribution in [3.63, 3.8) is 0 Å². The Labute approximate surface area is 251 Å². The molecule has 224 valence electrons. The van der Waals surface area contributed by atoms with Gasteiger partial charge in [-0.2, -0.15) is 0 Å². The van der Waals surface area contributed by atoms with E-state index in [1.807, 2.05) is 86.6 Å². The van der Waals surface area contributed by atoms with Crippen molar-refractivity contribution in [2.45, 2.75) is 58.2 Å². The van der Waals surface area contributed by atoms with E-state index in [-0.39, 0.29) is 37.5 Å². The predicted octanol–water partition coefficient (Wildman–Crippen LogP) is 3.67. The molecule has 0 fully saturated rings. The normalized spacial score (nSPS) is 13.3. The van der Waals surface area contributed by atoms with E-state index in [0.29, 0.717) is 12.2 Å². The van der Waals surface area contributed by atoms with Gasteiger partial charge in [0.1, 0.15) is 0 Å². The van der Waals surface area contributed by atoms with Crippen molar-refractivity contribution in [3.05, 3.63) is 102 Å². The SMILES string of the molecule is CC(C)C[C@H](NC(=O)C(CC(=O)NCc1ccccc1)Cc1cccc2ccccc12)C(=O)C(=O)[C@@H](N)Cc1cnc[nH]1. The van der Waals surface area contributed by atoms with Crippen LogP contribution in [-0.4, -0.2) is 45.4 Å². The van der Waals surface area contributed by atoms with Crippen LogP contribution in [0, 0.1) is 11.8 Å². The van der Waals surface area contributed by atoms with Crippen molar-refractivity contribution in [1.82, 2.24) is 20.6 Å². The van der Waals surface area contributed by atoms with E-state index in [1.165, 1.54) is 6.33 Å². The summed E-state index contributed by atoms with van der Waals surface area (Å²) >= 11 is 0. The third kappa shape index (κ3) is 8.93. The number of amides is 2. The molecule has 1 unspecified atom stereocenters. The average molecular weight is 582 g/mol. The number of fused-ring (bicyclic) bond motifs is 1. The fourth-order valence-electron chi connectivity index (χ4n) is 5.16. The van der Waals surface area contributed by atoms with E-state index < -0.39 is 35.5 Å². The first-order valence-corrected chi connectivity index (χ1v) is 14.6. The number of nitrogens with zero attached hydrogens (tertiary/aromatic N) is 1. The number of H-pyrrole nitrogens is 1. The van der Waals surface area contributed by atoms with E-state index in [4.69, 9.17) is 5.73 Å². The molecule has 0 saturated carbocycles. The van der Waals surface area contributed by atoms with Gasteiger partial charge in [-0.3, -0.25) is 19.2 Å². The molecular formula is C34H39N5O4. The molecule has 0 aliphatic heterocycles. The Morgan fingerprint density at radius 2 is 1.60 bits per heavy atom. The van der Waals surface area contributed by atoms with Gasteiger partial charge in [0.25, 0.3) is 0 Å². The fourth-order valence-corrected chi connectivity index (χ4v) is 5.16. The first-order valence-electron chi connectivity index (χ1n) is 14.6. The highest BCUT2D eigenvalue weighted by Crippen LogP contribution is 2.23. The summed E-state index contributed by atoms with van der Waals surface area (Å²) in [6.45, 7) is 4.15. The van der Waals surface area contributed by atoms with Crippen molar-refractivity contribution in [3.8, 4) is 0 Å². The van der Waals surface area contributed by atoms with Crippen LogP contribution in [-0.2, 0) is 38.6 Å². The molecule has 9 nitrogen and oxygen atoms in total. The van der Waals surface area contributed by atoms with Crippen molar-refractivity contribution in [2.75, 3.05) is 0 Å². The minimum absolute atomic E-state index is 0.0107. The number of imidazole rings is 1. The molecule has 43 heavy (non-hydrogen) atoms. The summed E-state index contributed by atoms with van der Waals surface area (Å²) in [5, 5.41) is 7.74. The lowest BCUT2D eigenvalue weighted by molar-refractivity contribution is -0.140. The Balaban J connectivity index is 1.53. The Bertz CT molecular complexity index is 1530. The number of nitrogens with two attached hydrogens (primary N) is 1. The highest BCUT2D eigenvalue weighted by atomic mass is 16.2. The zero-order chi connectivity index (χ0) is 30.8. The van der Waals surface area contributed by atoms with E-state index >= 15 is 0 Å². The lowest BCUT2D eigenvalue weighted by Crippen LogP contribution is -2.51. The van der Waals surface area contributed by atoms with Crippen molar-refractivity contribution < 1.29 is 19.2 Å². The third-order valence-electron chi connectivity index (χ3n) is 7.40. The number of aromatic amines is 1. The second kappa shape index (κ2) is 15.0. The lowest BCUT2D eigenvalue weighted by atomic mass is 9.90. The molecule has 0 bridgehead atoms. The van der Waals surface area contributed by atoms with Crippen LogP contribution < -0.4 is 16.4 Å². The van der Waals surface area contributed by atoms with Crippen molar-refractivity contribution in [2.24, 2.45) is 17.6 Å². The highest BCUT2D eigenvalue weighted by Gasteiger charge is 2.33. The van der Waals surface area contributed by atoms with Crippen LogP contribution in [0.2, 0.25) is 0 Å². The van der Waals surface area contributed by atoms with E-state index in [2.05, 4.69) is 20.6 Å². The summed E-state index contributed by atoms with van der Waals surface area (Å²) in [5.41, 5.74) is 8.58. The maximum absolute atomic E-state index is 13.8. The van der Waals surface area contributed by atoms with Gasteiger partial charge >= 0.3 is 0 Å². The molecule has 0 radical (unpaired) electrons. The van der Waals surface area contributed by atoms with Crippen LogP contribution in [0.1, 0.15) is 43.5 Å². The maximum Gasteiger partial charge on any atom is 0.224 e. The van der Waals surface area contributed by atoms with Gasteiger partial charge in [0.15, 0.2) is 0 Å². The molecular weight excluding hydrogens is 542 g/mol. The fraction of sp³-hybridized carbons (Fsp3) is 0.324. The monoisotopic (exact) mass is 581 g/mol. The lowest BCUT2D eigenvalue weighted by Gasteiger charge is -2.24. The summed E-state index contributed by atoms with van der Waals surface area (Å²) in [6.07, 6.45) is 3.60. The average Bonchev–Trinajstić information content (AvgIpc) is 3.52. The zero-order valence-electron chi connectivity index (χ0n) is 24.6. The standard InChI is InChI=1S/C34H39N5O4/c1-22(2)15-30(33(42)32(41)29(35)18-27-20-36-21-38-27)39-34(43)26(17-31(40)37-19-23-9-4-3-5-10-23)16-25-13-8-12-24-11-6-7-14-28(24)25/h3-14,20-22,26,29-30H,15-19,35H2,1-2H3,(H,36,38)(H,37,40)(H,39,43)/t26?,29-,30-/m0/s1. The van der Waals surface area contributed by atoms with E-state index in [1.54, 1.807) is 6.20 Å². The Morgan fingerprint density at radius 1 is 0.884 bits per heavy atom. The number of Topliss-reactive ketones (excluding diaryl/α,β-unsaturated/α-hetero) is 2. The van der Waals surface area contributed by atoms with Crippen molar-refractivity contribution in [1.29, 1.82) is 0 Å². The number of carbonyl (C=O) groups is 4. The minimum atomic E-state index is -1.07. The predicted molar refractivity (Wildman–Crippen MR) is 166 cm³/mol. The summed E-state index contributed by atoms with van der Waals surface area (Å²) in [6, 6.07) is 21.1. The molecule has 9 heteroatoms. The molecule has 0 aliphatic carbocycles. The maximum atomic E-state index is 13.8. The summed E-state index contributed by atoms with van der Waals surface area (Å²) in [4.78, 5) is 60.2. The molecule has 2 amide bonds. The number of rotatable bonds is 15. The van der Waals surface area contributed by atoms with Crippen molar-refractivity contribution >= 4 is 34.2 Å². The highest BCUT2D eigenvalue weighted by molar-refractivity contribution is 6.41. The molecule has 0 saturated heterocycles. The van der Waals surface area contributed by atoms with Crippen LogP contribution in [0.15, 0.2) is 85.3 Å². The number of benzene rings is 3. The van der Waals surface area contributed by atoms with E-state index in [9.17, 15) is 19.2 Å². The summed E-state index contributed by atoms with van der Waals surface area (Å²) in [5.74, 6) is -3.02. The number of hydrogen-bond acceptors (Lipinski definition) is 6. The molecule has 3 atom stereocenters. The molecule has 0 aliphatic rings. The Kier molecular flexibility index (Phi) is 10.9. The van der Waals surface area contributed by atoms with Crippen LogP contribution in [0.4, 0.5) is 0 Å². The molecule has 4 aromatic rings.